The normalized spacial score (nSPS) is 9.93. The molecule has 0 aliphatic carbocycles. The minimum atomic E-state index is -0.535. The highest BCUT2D eigenvalue weighted by atomic mass is 16.6. The number of nitriles is 1. The van der Waals surface area contributed by atoms with E-state index in [9.17, 15) is 10.1 Å². The molecular weight excluding hydrogens is 184 g/mol. The van der Waals surface area contributed by atoms with Crippen molar-refractivity contribution in [3.63, 3.8) is 0 Å². The van der Waals surface area contributed by atoms with Gasteiger partial charge in [0.1, 0.15) is 11.8 Å². The molecule has 2 aromatic heterocycles. The Labute approximate surface area is 78.0 Å². The Morgan fingerprint density at radius 1 is 1.57 bits per heavy atom. The standard InChI is InChI=1S/C8H4N4O2/c9-3-5-1-2-6-8(11-5)7(4-10-6)12(13)14/h1-2,4,10H. The zero-order valence-electron chi connectivity index (χ0n) is 6.89. The molecule has 0 saturated heterocycles. The maximum atomic E-state index is 10.5. The Morgan fingerprint density at radius 2 is 2.36 bits per heavy atom. The van der Waals surface area contributed by atoms with Crippen molar-refractivity contribution in [3.05, 3.63) is 34.1 Å². The molecule has 2 aromatic rings. The molecule has 0 amide bonds. The first-order valence-corrected chi connectivity index (χ1v) is 3.75. The smallest absolute Gasteiger partial charge is 0.312 e. The largest absolute Gasteiger partial charge is 0.354 e. The zero-order valence-corrected chi connectivity index (χ0v) is 6.89. The van der Waals surface area contributed by atoms with Gasteiger partial charge in [0.05, 0.1) is 16.6 Å². The van der Waals surface area contributed by atoms with Crippen molar-refractivity contribution in [2.75, 3.05) is 0 Å². The van der Waals surface area contributed by atoms with Crippen LogP contribution in [0.25, 0.3) is 11.0 Å². The average Bonchev–Trinajstić information content (AvgIpc) is 2.59. The molecule has 14 heavy (non-hydrogen) atoms. The van der Waals surface area contributed by atoms with Gasteiger partial charge in [0, 0.05) is 0 Å². The van der Waals surface area contributed by atoms with Crippen LogP contribution >= 0.6 is 0 Å². The van der Waals surface area contributed by atoms with Gasteiger partial charge in [-0.05, 0) is 12.1 Å². The van der Waals surface area contributed by atoms with E-state index in [0.29, 0.717) is 5.52 Å². The summed E-state index contributed by atoms with van der Waals surface area (Å²) in [6.07, 6.45) is 1.26. The molecule has 6 nitrogen and oxygen atoms in total. The number of hydrogen-bond donors (Lipinski definition) is 1. The molecule has 0 bridgehead atoms. The summed E-state index contributed by atoms with van der Waals surface area (Å²) in [5.41, 5.74) is 0.821. The summed E-state index contributed by atoms with van der Waals surface area (Å²) in [4.78, 5) is 16.6. The van der Waals surface area contributed by atoms with E-state index in [1.54, 1.807) is 6.07 Å². The van der Waals surface area contributed by atoms with Crippen molar-refractivity contribution >= 4 is 16.7 Å². The van der Waals surface area contributed by atoms with E-state index in [2.05, 4.69) is 9.97 Å². The average molecular weight is 188 g/mol. The minimum absolute atomic E-state index is 0.114. The fourth-order valence-electron chi connectivity index (χ4n) is 1.19. The third-order valence-electron chi connectivity index (χ3n) is 1.81. The molecule has 0 fully saturated rings. The maximum absolute atomic E-state index is 10.5. The molecule has 0 aliphatic heterocycles. The quantitative estimate of drug-likeness (QED) is 0.539. The number of aromatic nitrogens is 2. The van der Waals surface area contributed by atoms with Crippen molar-refractivity contribution in [1.82, 2.24) is 9.97 Å². The van der Waals surface area contributed by atoms with Gasteiger partial charge in [0.2, 0.25) is 0 Å². The van der Waals surface area contributed by atoms with Crippen LogP contribution in [-0.4, -0.2) is 14.9 Å². The van der Waals surface area contributed by atoms with Crippen molar-refractivity contribution in [1.29, 1.82) is 5.26 Å². The summed E-state index contributed by atoms with van der Waals surface area (Å²) >= 11 is 0. The molecule has 2 heterocycles. The number of fused-ring (bicyclic) bond motifs is 1. The SMILES string of the molecule is N#Cc1ccc2[nH]cc([N+](=O)[O-])c2n1. The first-order chi connectivity index (χ1) is 6.72. The molecule has 68 valence electrons. The number of rotatable bonds is 1. The Hall–Kier alpha value is -2.42. The van der Waals surface area contributed by atoms with Crippen LogP contribution in [0.1, 0.15) is 5.69 Å². The lowest BCUT2D eigenvalue weighted by Crippen LogP contribution is -1.88. The minimum Gasteiger partial charge on any atom is -0.354 e. The van der Waals surface area contributed by atoms with E-state index in [-0.39, 0.29) is 16.9 Å². The highest BCUT2D eigenvalue weighted by Gasteiger charge is 2.15. The molecule has 0 aromatic carbocycles. The lowest BCUT2D eigenvalue weighted by molar-refractivity contribution is -0.383. The van der Waals surface area contributed by atoms with Crippen LogP contribution in [0, 0.1) is 21.4 Å². The van der Waals surface area contributed by atoms with Crippen molar-refractivity contribution in [3.8, 4) is 6.07 Å². The van der Waals surface area contributed by atoms with E-state index < -0.39 is 4.92 Å². The van der Waals surface area contributed by atoms with Crippen LogP contribution in [-0.2, 0) is 0 Å². The predicted molar refractivity (Wildman–Crippen MR) is 47.5 cm³/mol. The van der Waals surface area contributed by atoms with Gasteiger partial charge in [-0.15, -0.1) is 0 Å². The van der Waals surface area contributed by atoms with Gasteiger partial charge >= 0.3 is 5.69 Å². The first-order valence-electron chi connectivity index (χ1n) is 3.75. The molecule has 0 saturated carbocycles. The van der Waals surface area contributed by atoms with Crippen LogP contribution in [0.2, 0.25) is 0 Å². The monoisotopic (exact) mass is 188 g/mol. The van der Waals surface area contributed by atoms with Gasteiger partial charge in [0.25, 0.3) is 0 Å². The van der Waals surface area contributed by atoms with Gasteiger partial charge < -0.3 is 4.98 Å². The van der Waals surface area contributed by atoms with E-state index >= 15 is 0 Å². The molecule has 2 rings (SSSR count). The van der Waals surface area contributed by atoms with Gasteiger partial charge in [-0.2, -0.15) is 5.26 Å². The highest BCUT2D eigenvalue weighted by Crippen LogP contribution is 2.22. The van der Waals surface area contributed by atoms with Gasteiger partial charge in [-0.3, -0.25) is 10.1 Å². The predicted octanol–water partition coefficient (Wildman–Crippen LogP) is 1.34. The number of H-pyrrole nitrogens is 1. The Kier molecular flexibility index (Phi) is 1.65. The number of nitrogens with one attached hydrogen (secondary N) is 1. The van der Waals surface area contributed by atoms with Crippen LogP contribution in [0.4, 0.5) is 5.69 Å². The van der Waals surface area contributed by atoms with Crippen LogP contribution in [0.15, 0.2) is 18.3 Å². The highest BCUT2D eigenvalue weighted by molar-refractivity contribution is 5.85. The van der Waals surface area contributed by atoms with E-state index in [4.69, 9.17) is 5.26 Å². The Bertz CT molecular complexity index is 552. The lowest BCUT2D eigenvalue weighted by atomic mass is 10.3. The number of aromatic amines is 1. The van der Waals surface area contributed by atoms with E-state index in [0.717, 1.165) is 0 Å². The third kappa shape index (κ3) is 1.08. The molecule has 0 radical (unpaired) electrons. The topological polar surface area (TPSA) is 95.6 Å². The fourth-order valence-corrected chi connectivity index (χ4v) is 1.19. The van der Waals surface area contributed by atoms with Crippen LogP contribution in [0.3, 0.4) is 0 Å². The van der Waals surface area contributed by atoms with Gasteiger partial charge in [-0.25, -0.2) is 4.98 Å². The second-order valence-corrected chi connectivity index (χ2v) is 2.64. The van der Waals surface area contributed by atoms with E-state index in [1.165, 1.54) is 12.3 Å². The fraction of sp³-hybridized carbons (Fsp3) is 0. The summed E-state index contributed by atoms with van der Waals surface area (Å²) < 4.78 is 0. The Morgan fingerprint density at radius 3 is 3.00 bits per heavy atom. The third-order valence-corrected chi connectivity index (χ3v) is 1.81. The van der Waals surface area contributed by atoms with Crippen LogP contribution < -0.4 is 0 Å². The summed E-state index contributed by atoms with van der Waals surface area (Å²) in [7, 11) is 0. The molecule has 6 heteroatoms. The summed E-state index contributed by atoms with van der Waals surface area (Å²) in [6, 6.07) is 4.92. The van der Waals surface area contributed by atoms with Gasteiger partial charge in [-0.1, -0.05) is 0 Å². The molecule has 0 spiro atoms. The summed E-state index contributed by atoms with van der Waals surface area (Å²) in [6.45, 7) is 0. The summed E-state index contributed by atoms with van der Waals surface area (Å²) in [5, 5.41) is 19.1. The van der Waals surface area contributed by atoms with Crippen molar-refractivity contribution < 1.29 is 4.92 Å². The number of nitrogens with zero attached hydrogens (tertiary/aromatic N) is 3. The van der Waals surface area contributed by atoms with Crippen molar-refractivity contribution in [2.45, 2.75) is 0 Å². The molecular formula is C8H4N4O2. The lowest BCUT2D eigenvalue weighted by Gasteiger charge is -1.89. The maximum Gasteiger partial charge on any atom is 0.312 e. The number of nitro groups is 1. The second-order valence-electron chi connectivity index (χ2n) is 2.64. The zero-order chi connectivity index (χ0) is 10.1. The van der Waals surface area contributed by atoms with Gasteiger partial charge in [0.15, 0.2) is 5.52 Å². The number of pyridine rings is 1. The van der Waals surface area contributed by atoms with Crippen molar-refractivity contribution in [2.24, 2.45) is 0 Å². The Balaban J connectivity index is 2.77. The molecule has 0 atom stereocenters. The van der Waals surface area contributed by atoms with Crippen LogP contribution in [0.5, 0.6) is 0 Å². The molecule has 0 aliphatic rings. The van der Waals surface area contributed by atoms with E-state index in [1.807, 2.05) is 6.07 Å². The first kappa shape index (κ1) is 8.19. The second kappa shape index (κ2) is 2.81. The number of hydrogen-bond acceptors (Lipinski definition) is 4. The summed E-state index contributed by atoms with van der Waals surface area (Å²) in [5.74, 6) is 0. The molecule has 1 N–H and O–H groups in total. The molecule has 0 unspecified atom stereocenters.